The Morgan fingerprint density at radius 1 is 1.18 bits per heavy atom. The highest BCUT2D eigenvalue weighted by molar-refractivity contribution is 5.84. The molecule has 2 aromatic heterocycles. The van der Waals surface area contributed by atoms with Crippen LogP contribution in [0.25, 0.3) is 22.4 Å². The number of nitrogens with one attached hydrogen (secondary N) is 1. The number of para-hydroxylation sites is 1. The third kappa shape index (κ3) is 1.54. The average molecular weight is 220 g/mol. The van der Waals surface area contributed by atoms with Gasteiger partial charge in [0.15, 0.2) is 0 Å². The number of aromatic amines is 1. The maximum Gasteiger partial charge on any atom is 0.140 e. The number of aromatic nitrogens is 3. The lowest BCUT2D eigenvalue weighted by molar-refractivity contribution is 1.27. The lowest BCUT2D eigenvalue weighted by atomic mass is 10.2. The van der Waals surface area contributed by atoms with E-state index in [4.69, 9.17) is 5.26 Å². The van der Waals surface area contributed by atoms with Crippen molar-refractivity contribution >= 4 is 11.0 Å². The molecule has 1 N–H and O–H groups in total. The van der Waals surface area contributed by atoms with Crippen LogP contribution in [0.1, 0.15) is 5.56 Å². The van der Waals surface area contributed by atoms with E-state index < -0.39 is 0 Å². The Bertz CT molecular complexity index is 707. The van der Waals surface area contributed by atoms with Crippen LogP contribution < -0.4 is 0 Å². The molecule has 0 amide bonds. The van der Waals surface area contributed by atoms with Gasteiger partial charge >= 0.3 is 0 Å². The van der Waals surface area contributed by atoms with Gasteiger partial charge in [-0.1, -0.05) is 6.07 Å². The standard InChI is InChI=1S/C13H8N4/c14-7-9-3-1-5-11-12(9)17-13(16-11)10-4-2-6-15-8-10/h1-6,8H,(H,16,17). The zero-order valence-corrected chi connectivity index (χ0v) is 8.88. The Morgan fingerprint density at radius 3 is 2.88 bits per heavy atom. The summed E-state index contributed by atoms with van der Waals surface area (Å²) in [4.78, 5) is 11.7. The fourth-order valence-electron chi connectivity index (χ4n) is 1.76. The van der Waals surface area contributed by atoms with E-state index >= 15 is 0 Å². The Labute approximate surface area is 97.6 Å². The van der Waals surface area contributed by atoms with Crippen LogP contribution in [0.15, 0.2) is 42.7 Å². The summed E-state index contributed by atoms with van der Waals surface area (Å²) in [5, 5.41) is 9.00. The van der Waals surface area contributed by atoms with E-state index in [-0.39, 0.29) is 0 Å². The van der Waals surface area contributed by atoms with Gasteiger partial charge in [-0.15, -0.1) is 0 Å². The molecule has 0 atom stereocenters. The number of imidazole rings is 1. The molecule has 3 rings (SSSR count). The summed E-state index contributed by atoms with van der Waals surface area (Å²) >= 11 is 0. The van der Waals surface area contributed by atoms with Crippen LogP contribution in [0.3, 0.4) is 0 Å². The highest BCUT2D eigenvalue weighted by Gasteiger charge is 2.07. The van der Waals surface area contributed by atoms with Crippen LogP contribution in [-0.4, -0.2) is 15.0 Å². The third-order valence-electron chi connectivity index (χ3n) is 2.57. The predicted molar refractivity (Wildman–Crippen MR) is 64.0 cm³/mol. The van der Waals surface area contributed by atoms with E-state index in [0.29, 0.717) is 11.1 Å². The highest BCUT2D eigenvalue weighted by Crippen LogP contribution is 2.21. The molecule has 0 spiro atoms. The second-order valence-electron chi connectivity index (χ2n) is 3.64. The fourth-order valence-corrected chi connectivity index (χ4v) is 1.76. The number of hydrogen-bond donors (Lipinski definition) is 1. The van der Waals surface area contributed by atoms with Crippen molar-refractivity contribution in [1.29, 1.82) is 5.26 Å². The molecule has 2 heterocycles. The molecule has 0 aliphatic rings. The second kappa shape index (κ2) is 3.72. The molecule has 4 nitrogen and oxygen atoms in total. The minimum absolute atomic E-state index is 0.578. The first kappa shape index (κ1) is 9.55. The Balaban J connectivity index is 2.25. The summed E-state index contributed by atoms with van der Waals surface area (Å²) in [5.41, 5.74) is 3.05. The molecule has 0 aliphatic heterocycles. The molecule has 0 radical (unpaired) electrons. The molecular formula is C13H8N4. The van der Waals surface area contributed by atoms with Crippen LogP contribution >= 0.6 is 0 Å². The quantitative estimate of drug-likeness (QED) is 0.685. The Morgan fingerprint density at radius 2 is 2.12 bits per heavy atom. The maximum atomic E-state index is 9.00. The zero-order chi connectivity index (χ0) is 11.7. The molecule has 17 heavy (non-hydrogen) atoms. The van der Waals surface area contributed by atoms with Crippen molar-refractivity contribution < 1.29 is 0 Å². The number of nitriles is 1. The van der Waals surface area contributed by atoms with E-state index in [9.17, 15) is 0 Å². The lowest BCUT2D eigenvalue weighted by Gasteiger charge is -1.92. The number of benzene rings is 1. The summed E-state index contributed by atoms with van der Waals surface area (Å²) in [6.07, 6.45) is 3.45. The van der Waals surface area contributed by atoms with Gasteiger partial charge in [0.25, 0.3) is 0 Å². The molecule has 0 saturated carbocycles. The van der Waals surface area contributed by atoms with Gasteiger partial charge < -0.3 is 4.98 Å². The first-order chi connectivity index (χ1) is 8.38. The van der Waals surface area contributed by atoms with Crippen molar-refractivity contribution in [3.05, 3.63) is 48.3 Å². The molecule has 80 valence electrons. The summed E-state index contributed by atoms with van der Waals surface area (Å²) in [6, 6.07) is 11.4. The smallest absolute Gasteiger partial charge is 0.140 e. The Kier molecular flexibility index (Phi) is 2.09. The van der Waals surface area contributed by atoms with E-state index in [1.165, 1.54) is 0 Å². The van der Waals surface area contributed by atoms with Gasteiger partial charge in [-0.25, -0.2) is 4.98 Å². The minimum atomic E-state index is 0.578. The van der Waals surface area contributed by atoms with Gasteiger partial charge in [0.1, 0.15) is 17.4 Å². The fraction of sp³-hybridized carbons (Fsp3) is 0. The van der Waals surface area contributed by atoms with E-state index in [0.717, 1.165) is 16.9 Å². The van der Waals surface area contributed by atoms with Crippen LogP contribution in [0, 0.1) is 11.3 Å². The van der Waals surface area contributed by atoms with Crippen molar-refractivity contribution in [2.24, 2.45) is 0 Å². The summed E-state index contributed by atoms with van der Waals surface area (Å²) in [6.45, 7) is 0. The van der Waals surface area contributed by atoms with Gasteiger partial charge in [0.05, 0.1) is 11.1 Å². The molecule has 0 unspecified atom stereocenters. The average Bonchev–Trinajstić information content (AvgIpc) is 2.83. The molecule has 0 bridgehead atoms. The normalized spacial score (nSPS) is 10.3. The first-order valence-electron chi connectivity index (χ1n) is 5.18. The predicted octanol–water partition coefficient (Wildman–Crippen LogP) is 2.50. The van der Waals surface area contributed by atoms with Gasteiger partial charge in [-0.05, 0) is 24.3 Å². The third-order valence-corrected chi connectivity index (χ3v) is 2.57. The summed E-state index contributed by atoms with van der Waals surface area (Å²) in [5.74, 6) is 0.732. The SMILES string of the molecule is N#Cc1cccc2[nH]c(-c3cccnc3)nc12. The van der Waals surface area contributed by atoms with Gasteiger partial charge in [-0.3, -0.25) is 4.98 Å². The molecule has 0 aliphatic carbocycles. The molecule has 1 aromatic carbocycles. The van der Waals surface area contributed by atoms with Gasteiger partial charge in [0, 0.05) is 18.0 Å². The number of rotatable bonds is 1. The monoisotopic (exact) mass is 220 g/mol. The van der Waals surface area contributed by atoms with Crippen molar-refractivity contribution in [3.8, 4) is 17.5 Å². The maximum absolute atomic E-state index is 9.00. The molecule has 0 saturated heterocycles. The molecule has 3 aromatic rings. The summed E-state index contributed by atoms with van der Waals surface area (Å²) < 4.78 is 0. The molecule has 0 fully saturated rings. The first-order valence-corrected chi connectivity index (χ1v) is 5.18. The highest BCUT2D eigenvalue weighted by atomic mass is 14.9. The second-order valence-corrected chi connectivity index (χ2v) is 3.64. The minimum Gasteiger partial charge on any atom is -0.338 e. The van der Waals surface area contributed by atoms with Crippen molar-refractivity contribution in [3.63, 3.8) is 0 Å². The van der Waals surface area contributed by atoms with Crippen molar-refractivity contribution in [2.75, 3.05) is 0 Å². The van der Waals surface area contributed by atoms with E-state index in [1.807, 2.05) is 24.3 Å². The Hall–Kier alpha value is -2.67. The van der Waals surface area contributed by atoms with Crippen LogP contribution in [0.2, 0.25) is 0 Å². The van der Waals surface area contributed by atoms with E-state index in [1.54, 1.807) is 18.5 Å². The van der Waals surface area contributed by atoms with Crippen molar-refractivity contribution in [2.45, 2.75) is 0 Å². The van der Waals surface area contributed by atoms with Crippen LogP contribution in [0.4, 0.5) is 0 Å². The van der Waals surface area contributed by atoms with Crippen LogP contribution in [0.5, 0.6) is 0 Å². The van der Waals surface area contributed by atoms with Crippen LogP contribution in [-0.2, 0) is 0 Å². The van der Waals surface area contributed by atoms with Crippen molar-refractivity contribution in [1.82, 2.24) is 15.0 Å². The van der Waals surface area contributed by atoms with E-state index in [2.05, 4.69) is 21.0 Å². The number of hydrogen-bond acceptors (Lipinski definition) is 3. The topological polar surface area (TPSA) is 65.4 Å². The lowest BCUT2D eigenvalue weighted by Crippen LogP contribution is -1.80. The number of nitrogens with zero attached hydrogens (tertiary/aromatic N) is 3. The van der Waals surface area contributed by atoms with Gasteiger partial charge in [-0.2, -0.15) is 5.26 Å². The molecule has 4 heteroatoms. The molecular weight excluding hydrogens is 212 g/mol. The summed E-state index contributed by atoms with van der Waals surface area (Å²) in [7, 11) is 0. The number of H-pyrrole nitrogens is 1. The largest absolute Gasteiger partial charge is 0.338 e. The zero-order valence-electron chi connectivity index (χ0n) is 8.88. The number of pyridine rings is 1. The number of fused-ring (bicyclic) bond motifs is 1. The van der Waals surface area contributed by atoms with Gasteiger partial charge in [0.2, 0.25) is 0 Å².